The van der Waals surface area contributed by atoms with Gasteiger partial charge in [-0.1, -0.05) is 0 Å². The van der Waals surface area contributed by atoms with Gasteiger partial charge >= 0.3 is 5.92 Å². The molecule has 0 atom stereocenters. The van der Waals surface area contributed by atoms with Crippen LogP contribution in [0.25, 0.3) is 0 Å². The molecule has 1 aliphatic heterocycles. The molecule has 0 aromatic heterocycles. The second-order valence-corrected chi connectivity index (χ2v) is 6.25. The summed E-state index contributed by atoms with van der Waals surface area (Å²) in [6.07, 6.45) is 3.38. The molecule has 2 fully saturated rings. The van der Waals surface area contributed by atoms with Gasteiger partial charge in [0.1, 0.15) is 5.60 Å². The largest absolute Gasteiger partial charge is 0.383 e. The van der Waals surface area contributed by atoms with Crippen LogP contribution in [0.4, 0.5) is 8.78 Å². The summed E-state index contributed by atoms with van der Waals surface area (Å²) in [7, 11) is 2.07. The highest BCUT2D eigenvalue weighted by atomic mass is 19.3. The normalized spacial score (nSPS) is 24.2. The van der Waals surface area contributed by atoms with Crippen LogP contribution in [0.2, 0.25) is 0 Å². The summed E-state index contributed by atoms with van der Waals surface area (Å²) in [6, 6.07) is 0. The van der Waals surface area contributed by atoms with Crippen LogP contribution in [0.3, 0.4) is 0 Å². The number of halogens is 2. The van der Waals surface area contributed by atoms with Crippen molar-refractivity contribution in [1.29, 1.82) is 0 Å². The summed E-state index contributed by atoms with van der Waals surface area (Å²) in [6.45, 7) is 2.31. The lowest BCUT2D eigenvalue weighted by molar-refractivity contribution is -0.215. The van der Waals surface area contributed by atoms with Crippen LogP contribution >= 0.6 is 0 Å². The summed E-state index contributed by atoms with van der Waals surface area (Å²) in [4.78, 5) is 13.8. The molecule has 0 aromatic carbocycles. The van der Waals surface area contributed by atoms with Crippen LogP contribution in [0.15, 0.2) is 0 Å². The molecule has 6 heteroatoms. The predicted molar refractivity (Wildman–Crippen MR) is 71.6 cm³/mol. The van der Waals surface area contributed by atoms with Crippen LogP contribution in [-0.4, -0.2) is 54.1 Å². The van der Waals surface area contributed by atoms with Crippen LogP contribution in [0.5, 0.6) is 0 Å². The van der Waals surface area contributed by atoms with Gasteiger partial charge in [-0.05, 0) is 64.6 Å². The van der Waals surface area contributed by atoms with Gasteiger partial charge < -0.3 is 15.3 Å². The van der Waals surface area contributed by atoms with Gasteiger partial charge in [0.25, 0.3) is 5.91 Å². The van der Waals surface area contributed by atoms with E-state index in [2.05, 4.69) is 17.3 Å². The molecule has 0 bridgehead atoms. The standard InChI is InChI=1S/C14H24F2N2O2/c1-18-9-4-11(5-10-18)3-8-17-12(19)14(15,16)13(20)6-2-7-13/h11,20H,2-10H2,1H3,(H,17,19). The highest BCUT2D eigenvalue weighted by Crippen LogP contribution is 2.44. The highest BCUT2D eigenvalue weighted by molar-refractivity contribution is 5.85. The number of hydrogen-bond acceptors (Lipinski definition) is 3. The van der Waals surface area contributed by atoms with Gasteiger partial charge in [0, 0.05) is 6.54 Å². The summed E-state index contributed by atoms with van der Waals surface area (Å²) in [5.41, 5.74) is -2.12. The number of aliphatic hydroxyl groups is 1. The summed E-state index contributed by atoms with van der Waals surface area (Å²) >= 11 is 0. The van der Waals surface area contributed by atoms with Gasteiger partial charge in [-0.25, -0.2) is 0 Å². The van der Waals surface area contributed by atoms with Crippen molar-refractivity contribution >= 4 is 5.91 Å². The fourth-order valence-electron chi connectivity index (χ4n) is 2.89. The van der Waals surface area contributed by atoms with E-state index < -0.39 is 17.4 Å². The van der Waals surface area contributed by atoms with E-state index in [9.17, 15) is 18.7 Å². The number of piperidine rings is 1. The van der Waals surface area contributed by atoms with Gasteiger partial charge in [-0.3, -0.25) is 4.79 Å². The third-order valence-corrected chi connectivity index (χ3v) is 4.73. The molecule has 116 valence electrons. The SMILES string of the molecule is CN1CCC(CCNC(=O)C(F)(F)C2(O)CCC2)CC1. The van der Waals surface area contributed by atoms with Crippen molar-refractivity contribution in [3.05, 3.63) is 0 Å². The number of nitrogens with zero attached hydrogens (tertiary/aromatic N) is 1. The maximum atomic E-state index is 13.8. The van der Waals surface area contributed by atoms with Crippen molar-refractivity contribution in [1.82, 2.24) is 10.2 Å². The molecule has 0 unspecified atom stereocenters. The molecule has 0 aromatic rings. The Kier molecular flexibility index (Phi) is 4.64. The van der Waals surface area contributed by atoms with Crippen molar-refractivity contribution in [2.75, 3.05) is 26.7 Å². The Balaban J connectivity index is 1.72. The Bertz CT molecular complexity index is 351. The zero-order valence-electron chi connectivity index (χ0n) is 12.0. The number of nitrogens with one attached hydrogen (secondary N) is 1. The van der Waals surface area contributed by atoms with E-state index in [1.807, 2.05) is 0 Å². The third kappa shape index (κ3) is 3.11. The zero-order chi connectivity index (χ0) is 14.8. The van der Waals surface area contributed by atoms with E-state index in [4.69, 9.17) is 0 Å². The van der Waals surface area contributed by atoms with E-state index in [1.165, 1.54) is 0 Å². The first-order chi connectivity index (χ1) is 9.35. The molecule has 2 aliphatic rings. The molecule has 2 rings (SSSR count). The molecule has 4 nitrogen and oxygen atoms in total. The average molecular weight is 290 g/mol. The Morgan fingerprint density at radius 3 is 2.50 bits per heavy atom. The van der Waals surface area contributed by atoms with Crippen molar-refractivity contribution < 1.29 is 18.7 Å². The maximum Gasteiger partial charge on any atom is 0.352 e. The minimum Gasteiger partial charge on any atom is -0.383 e. The zero-order valence-corrected chi connectivity index (χ0v) is 12.0. The van der Waals surface area contributed by atoms with Gasteiger partial charge in [-0.2, -0.15) is 8.78 Å². The number of likely N-dealkylation sites (tertiary alicyclic amines) is 1. The fraction of sp³-hybridized carbons (Fsp3) is 0.929. The summed E-state index contributed by atoms with van der Waals surface area (Å²) in [5, 5.41) is 12.0. The lowest BCUT2D eigenvalue weighted by atomic mass is 9.75. The molecule has 0 radical (unpaired) electrons. The van der Waals surface area contributed by atoms with Crippen molar-refractivity contribution in [2.24, 2.45) is 5.92 Å². The first-order valence-electron chi connectivity index (χ1n) is 7.42. The Labute approximate surface area is 118 Å². The van der Waals surface area contributed by atoms with Gasteiger partial charge in [0.15, 0.2) is 0 Å². The summed E-state index contributed by atoms with van der Waals surface area (Å²) in [5.74, 6) is -4.50. The predicted octanol–water partition coefficient (Wildman–Crippen LogP) is 1.38. The van der Waals surface area contributed by atoms with Crippen LogP contribution in [0, 0.1) is 5.92 Å². The number of alkyl halides is 2. The van der Waals surface area contributed by atoms with Crippen molar-refractivity contribution in [2.45, 2.75) is 50.0 Å². The first-order valence-corrected chi connectivity index (χ1v) is 7.42. The fourth-order valence-corrected chi connectivity index (χ4v) is 2.89. The number of carbonyl (C=O) groups excluding carboxylic acids is 1. The second kappa shape index (κ2) is 5.93. The second-order valence-electron chi connectivity index (χ2n) is 6.25. The number of rotatable bonds is 5. The lowest BCUT2D eigenvalue weighted by Crippen LogP contribution is -2.60. The molecule has 1 amide bonds. The third-order valence-electron chi connectivity index (χ3n) is 4.73. The highest BCUT2D eigenvalue weighted by Gasteiger charge is 2.60. The van der Waals surface area contributed by atoms with Crippen LogP contribution < -0.4 is 5.32 Å². The van der Waals surface area contributed by atoms with Crippen LogP contribution in [0.1, 0.15) is 38.5 Å². The molecule has 20 heavy (non-hydrogen) atoms. The molecule has 1 saturated carbocycles. The van der Waals surface area contributed by atoms with E-state index >= 15 is 0 Å². The van der Waals surface area contributed by atoms with E-state index in [0.29, 0.717) is 12.3 Å². The Hall–Kier alpha value is -0.750. The minimum atomic E-state index is -3.67. The number of hydrogen-bond donors (Lipinski definition) is 2. The lowest BCUT2D eigenvalue weighted by Gasteiger charge is -2.41. The molecule has 1 heterocycles. The van der Waals surface area contributed by atoms with Gasteiger partial charge in [-0.15, -0.1) is 0 Å². The quantitative estimate of drug-likeness (QED) is 0.804. The molecule has 0 spiro atoms. The molecular weight excluding hydrogens is 266 g/mol. The molecular formula is C14H24F2N2O2. The van der Waals surface area contributed by atoms with E-state index in [1.54, 1.807) is 0 Å². The first kappa shape index (κ1) is 15.6. The molecule has 1 aliphatic carbocycles. The monoisotopic (exact) mass is 290 g/mol. The Morgan fingerprint density at radius 2 is 2.00 bits per heavy atom. The number of amides is 1. The number of carbonyl (C=O) groups is 1. The average Bonchev–Trinajstić information content (AvgIpc) is 2.38. The topological polar surface area (TPSA) is 52.6 Å². The molecule has 1 saturated heterocycles. The van der Waals surface area contributed by atoms with Crippen molar-refractivity contribution in [3.63, 3.8) is 0 Å². The van der Waals surface area contributed by atoms with Gasteiger partial charge in [0.2, 0.25) is 0 Å². The maximum absolute atomic E-state index is 13.8. The summed E-state index contributed by atoms with van der Waals surface area (Å²) < 4.78 is 27.6. The minimum absolute atomic E-state index is 0.00236. The molecule has 2 N–H and O–H groups in total. The Morgan fingerprint density at radius 1 is 1.40 bits per heavy atom. The van der Waals surface area contributed by atoms with Crippen LogP contribution in [-0.2, 0) is 4.79 Å². The van der Waals surface area contributed by atoms with E-state index in [0.717, 1.165) is 32.4 Å². The smallest absolute Gasteiger partial charge is 0.352 e. The van der Waals surface area contributed by atoms with E-state index in [-0.39, 0.29) is 19.4 Å². The van der Waals surface area contributed by atoms with Gasteiger partial charge in [0.05, 0.1) is 0 Å². The van der Waals surface area contributed by atoms with Crippen molar-refractivity contribution in [3.8, 4) is 0 Å².